The Balaban J connectivity index is 0.00000151. The third-order valence-corrected chi connectivity index (χ3v) is 4.52. The fourth-order valence-electron chi connectivity index (χ4n) is 3.28. The molecule has 0 aromatic heterocycles. The highest BCUT2D eigenvalue weighted by atomic mass is 16.5. The molecule has 0 aromatic rings. The van der Waals surface area contributed by atoms with Crippen LogP contribution in [-0.4, -0.2) is 31.2 Å². The molecule has 2 heterocycles. The molecule has 0 bridgehead atoms. The molecule has 4 nitrogen and oxygen atoms in total. The number of ether oxygens (including phenoxy) is 1. The molecule has 4 unspecified atom stereocenters. The van der Waals surface area contributed by atoms with Gasteiger partial charge in [-0.3, -0.25) is 4.79 Å². The Labute approximate surface area is 152 Å². The van der Waals surface area contributed by atoms with Crippen molar-refractivity contribution in [2.45, 2.75) is 52.7 Å². The SMILES string of the molecule is C=C/C(C)=C\C(=C\C#CCC)C1CCNC2C(C(N)=O)COC12.CC. The molecular formula is C21H32N2O2. The van der Waals surface area contributed by atoms with Crippen LogP contribution < -0.4 is 11.1 Å². The molecule has 2 saturated heterocycles. The second-order valence-electron chi connectivity index (χ2n) is 6.09. The first-order valence-corrected chi connectivity index (χ1v) is 9.22. The third kappa shape index (κ3) is 5.59. The van der Waals surface area contributed by atoms with E-state index in [1.54, 1.807) is 0 Å². The maximum atomic E-state index is 11.6. The summed E-state index contributed by atoms with van der Waals surface area (Å²) in [5.41, 5.74) is 7.74. The lowest BCUT2D eigenvalue weighted by atomic mass is 9.80. The van der Waals surface area contributed by atoms with Gasteiger partial charge in [-0.2, -0.15) is 0 Å². The van der Waals surface area contributed by atoms with Gasteiger partial charge in [0.05, 0.1) is 18.6 Å². The molecule has 0 aliphatic carbocycles. The Morgan fingerprint density at radius 3 is 2.72 bits per heavy atom. The van der Waals surface area contributed by atoms with E-state index in [1.165, 1.54) is 0 Å². The summed E-state index contributed by atoms with van der Waals surface area (Å²) in [6.45, 7) is 13.1. The van der Waals surface area contributed by atoms with Crippen LogP contribution in [0.2, 0.25) is 0 Å². The lowest BCUT2D eigenvalue weighted by molar-refractivity contribution is -0.122. The number of hydrogen-bond acceptors (Lipinski definition) is 3. The number of rotatable bonds is 4. The largest absolute Gasteiger partial charge is 0.375 e. The average Bonchev–Trinajstić information content (AvgIpc) is 3.07. The molecule has 1 amide bonds. The molecule has 2 aliphatic rings. The molecule has 25 heavy (non-hydrogen) atoms. The zero-order valence-electron chi connectivity index (χ0n) is 16.0. The van der Waals surface area contributed by atoms with Gasteiger partial charge < -0.3 is 15.8 Å². The van der Waals surface area contributed by atoms with Gasteiger partial charge in [0, 0.05) is 18.4 Å². The number of amides is 1. The summed E-state index contributed by atoms with van der Waals surface area (Å²) in [6, 6.07) is -0.00813. The zero-order chi connectivity index (χ0) is 18.8. The Hall–Kier alpha value is -1.83. The highest BCUT2D eigenvalue weighted by Gasteiger charge is 2.46. The minimum atomic E-state index is -0.292. The van der Waals surface area contributed by atoms with Gasteiger partial charge in [0.15, 0.2) is 0 Å². The summed E-state index contributed by atoms with van der Waals surface area (Å²) < 4.78 is 5.94. The number of carbonyl (C=O) groups excluding carboxylic acids is 1. The summed E-state index contributed by atoms with van der Waals surface area (Å²) in [6.07, 6.45) is 7.67. The van der Waals surface area contributed by atoms with Gasteiger partial charge in [-0.1, -0.05) is 56.9 Å². The summed E-state index contributed by atoms with van der Waals surface area (Å²) >= 11 is 0. The zero-order valence-corrected chi connectivity index (χ0v) is 16.0. The van der Waals surface area contributed by atoms with E-state index in [-0.39, 0.29) is 29.9 Å². The van der Waals surface area contributed by atoms with E-state index in [0.29, 0.717) is 6.61 Å². The minimum Gasteiger partial charge on any atom is -0.375 e. The number of fused-ring (bicyclic) bond motifs is 1. The van der Waals surface area contributed by atoms with E-state index in [4.69, 9.17) is 10.5 Å². The number of piperidine rings is 1. The summed E-state index contributed by atoms with van der Waals surface area (Å²) in [5, 5.41) is 3.40. The first-order valence-electron chi connectivity index (χ1n) is 9.22. The second kappa shape index (κ2) is 10.9. The van der Waals surface area contributed by atoms with Crippen LogP contribution in [0.3, 0.4) is 0 Å². The minimum absolute atomic E-state index is 0.00813. The Morgan fingerprint density at radius 1 is 1.40 bits per heavy atom. The monoisotopic (exact) mass is 344 g/mol. The maximum absolute atomic E-state index is 11.6. The lowest BCUT2D eigenvalue weighted by Gasteiger charge is -2.35. The van der Waals surface area contributed by atoms with Gasteiger partial charge in [0.25, 0.3) is 0 Å². The molecule has 4 heteroatoms. The average molecular weight is 344 g/mol. The van der Waals surface area contributed by atoms with E-state index in [0.717, 1.165) is 30.5 Å². The lowest BCUT2D eigenvalue weighted by Crippen LogP contribution is -2.52. The molecule has 2 aliphatic heterocycles. The molecule has 2 fully saturated rings. The Kier molecular flexibility index (Phi) is 9.26. The third-order valence-electron chi connectivity index (χ3n) is 4.52. The van der Waals surface area contributed by atoms with Gasteiger partial charge in [0.1, 0.15) is 0 Å². The number of primary amides is 1. The molecule has 3 N–H and O–H groups in total. The van der Waals surface area contributed by atoms with Crippen LogP contribution in [0.25, 0.3) is 0 Å². The molecule has 138 valence electrons. The van der Waals surface area contributed by atoms with Crippen molar-refractivity contribution in [3.8, 4) is 11.8 Å². The van der Waals surface area contributed by atoms with Crippen molar-refractivity contribution in [2.75, 3.05) is 13.2 Å². The normalized spacial score (nSPS) is 28.8. The summed E-state index contributed by atoms with van der Waals surface area (Å²) in [7, 11) is 0. The quantitative estimate of drug-likeness (QED) is 0.609. The van der Waals surface area contributed by atoms with Crippen molar-refractivity contribution in [3.63, 3.8) is 0 Å². The molecule has 0 aromatic carbocycles. The topological polar surface area (TPSA) is 64.3 Å². The molecule has 4 atom stereocenters. The van der Waals surface area contributed by atoms with Crippen LogP contribution >= 0.6 is 0 Å². The predicted octanol–water partition coefficient (Wildman–Crippen LogP) is 2.96. The first kappa shape index (κ1) is 21.2. The number of nitrogens with two attached hydrogens (primary N) is 1. The smallest absolute Gasteiger partial charge is 0.224 e. The van der Waals surface area contributed by atoms with Crippen LogP contribution in [0, 0.1) is 23.7 Å². The molecule has 0 saturated carbocycles. The van der Waals surface area contributed by atoms with Crippen molar-refractivity contribution in [1.82, 2.24) is 5.32 Å². The highest BCUT2D eigenvalue weighted by Crippen LogP contribution is 2.35. The van der Waals surface area contributed by atoms with Crippen molar-refractivity contribution < 1.29 is 9.53 Å². The van der Waals surface area contributed by atoms with Gasteiger partial charge in [-0.15, -0.1) is 0 Å². The highest BCUT2D eigenvalue weighted by molar-refractivity contribution is 5.78. The van der Waals surface area contributed by atoms with Crippen LogP contribution in [-0.2, 0) is 9.53 Å². The van der Waals surface area contributed by atoms with Crippen molar-refractivity contribution in [1.29, 1.82) is 0 Å². The van der Waals surface area contributed by atoms with E-state index in [9.17, 15) is 4.79 Å². The predicted molar refractivity (Wildman–Crippen MR) is 104 cm³/mol. The van der Waals surface area contributed by atoms with Crippen molar-refractivity contribution in [3.05, 3.63) is 36.0 Å². The summed E-state index contributed by atoms with van der Waals surface area (Å²) in [5.74, 6) is 5.87. The van der Waals surface area contributed by atoms with E-state index in [1.807, 2.05) is 39.8 Å². The van der Waals surface area contributed by atoms with Gasteiger partial charge in [-0.05, 0) is 31.5 Å². The van der Waals surface area contributed by atoms with Crippen molar-refractivity contribution in [2.24, 2.45) is 17.6 Å². The van der Waals surface area contributed by atoms with E-state index in [2.05, 4.69) is 29.8 Å². The van der Waals surface area contributed by atoms with Crippen LogP contribution in [0.1, 0.15) is 40.5 Å². The van der Waals surface area contributed by atoms with E-state index < -0.39 is 0 Å². The summed E-state index contributed by atoms with van der Waals surface area (Å²) in [4.78, 5) is 11.6. The number of carbonyl (C=O) groups is 1. The van der Waals surface area contributed by atoms with Crippen LogP contribution in [0.4, 0.5) is 0 Å². The van der Waals surface area contributed by atoms with E-state index >= 15 is 0 Å². The Morgan fingerprint density at radius 2 is 2.12 bits per heavy atom. The molecule has 0 spiro atoms. The second-order valence-corrected chi connectivity index (χ2v) is 6.09. The number of hydrogen-bond donors (Lipinski definition) is 2. The standard InChI is InChI=1S/C19H26N2O2.C2H6/c1-4-6-7-8-14(11-13(3)5-2)15-9-10-21-17-16(19(20)22)12-23-18(15)17;1-2/h5,8,11,15-18,21H,2,4,9-10,12H2,1,3H3,(H2,20,22);1-2H3/b13-11-,14-8-;. The molecular weight excluding hydrogens is 312 g/mol. The van der Waals surface area contributed by atoms with Crippen LogP contribution in [0.5, 0.6) is 0 Å². The Bertz CT molecular complexity index is 580. The number of nitrogens with one attached hydrogen (secondary N) is 1. The fourth-order valence-corrected chi connectivity index (χ4v) is 3.28. The molecule has 2 rings (SSSR count). The van der Waals surface area contributed by atoms with Gasteiger partial charge >= 0.3 is 0 Å². The maximum Gasteiger partial charge on any atom is 0.224 e. The number of allylic oxidation sites excluding steroid dienone is 4. The van der Waals surface area contributed by atoms with Crippen molar-refractivity contribution >= 4 is 5.91 Å². The fraction of sp³-hybridized carbons (Fsp3) is 0.571. The molecule has 0 radical (unpaired) electrons. The first-order chi connectivity index (χ1) is 12.1. The van der Waals surface area contributed by atoms with Gasteiger partial charge in [0.2, 0.25) is 5.91 Å². The van der Waals surface area contributed by atoms with Crippen LogP contribution in [0.15, 0.2) is 36.0 Å². The van der Waals surface area contributed by atoms with Gasteiger partial charge in [-0.25, -0.2) is 0 Å².